The summed E-state index contributed by atoms with van der Waals surface area (Å²) in [6.07, 6.45) is 1.52. The second-order valence-corrected chi connectivity index (χ2v) is 5.03. The Hall–Kier alpha value is -3.22. The van der Waals surface area contributed by atoms with E-state index in [1.807, 2.05) is 0 Å². The van der Waals surface area contributed by atoms with Gasteiger partial charge >= 0.3 is 5.76 Å². The van der Waals surface area contributed by atoms with Crippen molar-refractivity contribution in [3.05, 3.63) is 76.8 Å². The lowest BCUT2D eigenvalue weighted by Gasteiger charge is -2.07. The molecule has 0 bridgehead atoms. The molecule has 1 amide bonds. The molecule has 0 spiro atoms. The summed E-state index contributed by atoms with van der Waals surface area (Å²) in [6, 6.07) is 7.10. The molecule has 3 aromatic rings. The minimum absolute atomic E-state index is 0.171. The molecule has 0 aliphatic rings. The zero-order valence-corrected chi connectivity index (χ0v) is 12.4. The predicted octanol–water partition coefficient (Wildman–Crippen LogP) is 3.31. The Balaban J connectivity index is 1.98. The highest BCUT2D eigenvalue weighted by atomic mass is 19.1. The first-order valence-electron chi connectivity index (χ1n) is 7.00. The molecule has 3 rings (SSSR count). The topological polar surface area (TPSA) is 64.2 Å². The van der Waals surface area contributed by atoms with E-state index in [0.29, 0.717) is 11.1 Å². The first-order chi connectivity index (χ1) is 11.5. The van der Waals surface area contributed by atoms with E-state index in [1.54, 1.807) is 0 Å². The molecule has 122 valence electrons. The molecule has 0 saturated carbocycles. The average Bonchev–Trinajstić information content (AvgIpc) is 2.86. The smallest absolute Gasteiger partial charge is 0.408 e. The molecular weight excluding hydrogens is 318 g/mol. The Morgan fingerprint density at radius 2 is 2.04 bits per heavy atom. The zero-order valence-electron chi connectivity index (χ0n) is 12.4. The highest BCUT2D eigenvalue weighted by molar-refractivity contribution is 6.05. The predicted molar refractivity (Wildman–Crippen MR) is 85.0 cm³/mol. The van der Waals surface area contributed by atoms with Gasteiger partial charge in [0.05, 0.1) is 11.2 Å². The number of fused-ring (bicyclic) bond motifs is 1. The van der Waals surface area contributed by atoms with E-state index < -0.39 is 23.3 Å². The van der Waals surface area contributed by atoms with E-state index in [0.717, 1.165) is 18.2 Å². The number of oxazole rings is 1. The second kappa shape index (κ2) is 6.11. The van der Waals surface area contributed by atoms with Crippen LogP contribution in [0, 0.1) is 11.6 Å². The first kappa shape index (κ1) is 15.7. The van der Waals surface area contributed by atoms with Crippen molar-refractivity contribution < 1.29 is 18.0 Å². The van der Waals surface area contributed by atoms with Crippen LogP contribution in [-0.4, -0.2) is 10.5 Å². The number of allylic oxidation sites excluding steroid dienone is 1. The highest BCUT2D eigenvalue weighted by Crippen LogP contribution is 2.19. The summed E-state index contributed by atoms with van der Waals surface area (Å²) in [7, 11) is 0. The van der Waals surface area contributed by atoms with Crippen LogP contribution >= 0.6 is 0 Å². The van der Waals surface area contributed by atoms with Gasteiger partial charge in [-0.15, -0.1) is 6.58 Å². The number of hydrogen-bond acceptors (Lipinski definition) is 3. The van der Waals surface area contributed by atoms with Gasteiger partial charge in [-0.3, -0.25) is 9.36 Å². The lowest BCUT2D eigenvalue weighted by atomic mass is 10.2. The summed E-state index contributed by atoms with van der Waals surface area (Å²) in [4.78, 5) is 24.0. The van der Waals surface area contributed by atoms with Gasteiger partial charge in [-0.25, -0.2) is 13.6 Å². The monoisotopic (exact) mass is 330 g/mol. The lowest BCUT2D eigenvalue weighted by Crippen LogP contribution is -2.15. The first-order valence-corrected chi connectivity index (χ1v) is 7.00. The van der Waals surface area contributed by atoms with Gasteiger partial charge in [-0.2, -0.15) is 0 Å². The molecule has 0 radical (unpaired) electrons. The van der Waals surface area contributed by atoms with Gasteiger partial charge < -0.3 is 9.73 Å². The molecule has 1 aromatic heterocycles. The van der Waals surface area contributed by atoms with Crippen LogP contribution in [0.25, 0.3) is 11.1 Å². The maximum absolute atomic E-state index is 13.6. The second-order valence-electron chi connectivity index (χ2n) is 5.03. The van der Waals surface area contributed by atoms with Crippen molar-refractivity contribution >= 4 is 22.7 Å². The number of rotatable bonds is 4. The van der Waals surface area contributed by atoms with Gasteiger partial charge in [0.25, 0.3) is 5.91 Å². The molecule has 0 fully saturated rings. The summed E-state index contributed by atoms with van der Waals surface area (Å²) in [6.45, 7) is 3.77. The summed E-state index contributed by atoms with van der Waals surface area (Å²) >= 11 is 0. The van der Waals surface area contributed by atoms with Crippen LogP contribution in [0.4, 0.5) is 14.5 Å². The number of aromatic nitrogens is 1. The fourth-order valence-corrected chi connectivity index (χ4v) is 2.29. The Labute approximate surface area is 134 Å². The van der Waals surface area contributed by atoms with Gasteiger partial charge in [-0.05, 0) is 30.3 Å². The van der Waals surface area contributed by atoms with Crippen LogP contribution in [0.1, 0.15) is 10.4 Å². The molecule has 0 atom stereocenters. The number of amides is 1. The molecular formula is C17H12F2N2O3. The Morgan fingerprint density at radius 1 is 1.25 bits per heavy atom. The maximum Gasteiger partial charge on any atom is 0.420 e. The molecule has 7 heteroatoms. The number of nitrogens with zero attached hydrogens (tertiary/aromatic N) is 1. The number of carbonyl (C=O) groups excluding carboxylic acids is 1. The lowest BCUT2D eigenvalue weighted by molar-refractivity contribution is 0.102. The summed E-state index contributed by atoms with van der Waals surface area (Å²) in [5.74, 6) is -2.63. The number of anilines is 1. The van der Waals surface area contributed by atoms with Gasteiger partial charge in [0.15, 0.2) is 5.58 Å². The standard InChI is InChI=1S/C17H12F2N2O3/c1-2-7-21-14-8-10(3-6-15(14)24-17(21)23)16(22)20-13-9-11(18)4-5-12(13)19/h2-6,8-9H,1,7H2,(H,20,22). The van der Waals surface area contributed by atoms with Crippen LogP contribution in [0.5, 0.6) is 0 Å². The molecule has 5 nitrogen and oxygen atoms in total. The highest BCUT2D eigenvalue weighted by Gasteiger charge is 2.14. The van der Waals surface area contributed by atoms with E-state index in [9.17, 15) is 18.4 Å². The van der Waals surface area contributed by atoms with Gasteiger partial charge in [0.1, 0.15) is 11.6 Å². The number of benzene rings is 2. The largest absolute Gasteiger partial charge is 0.420 e. The molecule has 0 aliphatic heterocycles. The Morgan fingerprint density at radius 3 is 2.79 bits per heavy atom. The van der Waals surface area contributed by atoms with Crippen LogP contribution in [0.2, 0.25) is 0 Å². The average molecular weight is 330 g/mol. The maximum atomic E-state index is 13.6. The van der Waals surface area contributed by atoms with E-state index >= 15 is 0 Å². The normalized spacial score (nSPS) is 10.8. The van der Waals surface area contributed by atoms with Gasteiger partial charge in [-0.1, -0.05) is 6.08 Å². The third-order valence-corrected chi connectivity index (χ3v) is 3.42. The molecule has 0 unspecified atom stereocenters. The van der Waals surface area contributed by atoms with Crippen molar-refractivity contribution in [1.29, 1.82) is 0 Å². The van der Waals surface area contributed by atoms with Crippen molar-refractivity contribution in [2.75, 3.05) is 5.32 Å². The minimum Gasteiger partial charge on any atom is -0.408 e. The Bertz CT molecular complexity index is 1000. The third-order valence-electron chi connectivity index (χ3n) is 3.42. The molecule has 0 aliphatic carbocycles. The number of halogens is 2. The van der Waals surface area contributed by atoms with Crippen molar-refractivity contribution in [3.63, 3.8) is 0 Å². The van der Waals surface area contributed by atoms with Crippen molar-refractivity contribution in [3.8, 4) is 0 Å². The number of hydrogen-bond donors (Lipinski definition) is 1. The quantitative estimate of drug-likeness (QED) is 0.747. The van der Waals surface area contributed by atoms with Crippen molar-refractivity contribution in [1.82, 2.24) is 4.57 Å². The van der Waals surface area contributed by atoms with Crippen LogP contribution < -0.4 is 11.1 Å². The van der Waals surface area contributed by atoms with E-state index in [4.69, 9.17) is 4.42 Å². The minimum atomic E-state index is -0.752. The molecule has 0 saturated heterocycles. The van der Waals surface area contributed by atoms with Crippen LogP contribution in [0.15, 0.2) is 58.3 Å². The van der Waals surface area contributed by atoms with Crippen LogP contribution in [0.3, 0.4) is 0 Å². The third kappa shape index (κ3) is 2.83. The van der Waals surface area contributed by atoms with E-state index in [-0.39, 0.29) is 17.8 Å². The summed E-state index contributed by atoms with van der Waals surface area (Å²) in [5, 5.41) is 2.30. The molecule has 1 heterocycles. The molecule has 2 aromatic carbocycles. The van der Waals surface area contributed by atoms with Gasteiger partial charge in [0.2, 0.25) is 0 Å². The van der Waals surface area contributed by atoms with E-state index in [2.05, 4.69) is 11.9 Å². The molecule has 24 heavy (non-hydrogen) atoms. The van der Waals surface area contributed by atoms with Gasteiger partial charge in [0, 0.05) is 18.2 Å². The fourth-order valence-electron chi connectivity index (χ4n) is 2.29. The SMILES string of the molecule is C=CCn1c(=O)oc2ccc(C(=O)Nc3cc(F)ccc3F)cc21. The zero-order chi connectivity index (χ0) is 17.3. The van der Waals surface area contributed by atoms with E-state index in [1.165, 1.54) is 28.8 Å². The van der Waals surface area contributed by atoms with Crippen molar-refractivity contribution in [2.24, 2.45) is 0 Å². The summed E-state index contributed by atoms with van der Waals surface area (Å²) < 4.78 is 33.1. The van der Waals surface area contributed by atoms with Crippen molar-refractivity contribution in [2.45, 2.75) is 6.54 Å². The molecule has 1 N–H and O–H groups in total. The fraction of sp³-hybridized carbons (Fsp3) is 0.0588. The summed E-state index contributed by atoms with van der Waals surface area (Å²) in [5.41, 5.74) is 0.628. The Kier molecular flexibility index (Phi) is 3.99. The van der Waals surface area contributed by atoms with Crippen LogP contribution in [-0.2, 0) is 6.54 Å². The number of carbonyl (C=O) groups is 1. The number of nitrogens with one attached hydrogen (secondary N) is 1.